The molecule has 20 heavy (non-hydrogen) atoms. The lowest BCUT2D eigenvalue weighted by molar-refractivity contribution is -0.384. The van der Waals surface area contributed by atoms with Crippen molar-refractivity contribution < 1.29 is 15.1 Å². The Bertz CT molecular complexity index is 809. The average molecular weight is 269 g/mol. The maximum atomic E-state index is 12.0. The Labute approximate surface area is 113 Å². The van der Waals surface area contributed by atoms with E-state index in [0.717, 1.165) is 0 Å². The second-order valence-electron chi connectivity index (χ2n) is 4.28. The highest BCUT2D eigenvalue weighted by molar-refractivity contribution is 5.92. The van der Waals surface area contributed by atoms with Crippen molar-refractivity contribution in [2.75, 3.05) is 0 Å². The molecule has 3 rings (SSSR count). The fourth-order valence-corrected chi connectivity index (χ4v) is 2.19. The molecule has 0 fully saturated rings. The lowest BCUT2D eigenvalue weighted by Gasteiger charge is -2.08. The van der Waals surface area contributed by atoms with Crippen LogP contribution < -0.4 is 5.11 Å². The van der Waals surface area contributed by atoms with Crippen LogP contribution in [-0.2, 0) is 0 Å². The van der Waals surface area contributed by atoms with Crippen molar-refractivity contribution in [1.29, 1.82) is 0 Å². The molecule has 0 saturated carbocycles. The first-order valence-electron chi connectivity index (χ1n) is 5.84. The zero-order valence-electron chi connectivity index (χ0n) is 10.2. The summed E-state index contributed by atoms with van der Waals surface area (Å²) in [5.74, 6) is -0.995. The van der Waals surface area contributed by atoms with Crippen LogP contribution in [0.25, 0.3) is 16.6 Å². The van der Waals surface area contributed by atoms with Gasteiger partial charge >= 0.3 is 0 Å². The second kappa shape index (κ2) is 4.27. The molecule has 1 N–H and O–H groups in total. The molecule has 0 atom stereocenters. The topological polar surface area (TPSA) is 91.4 Å². The number of hydrogen-bond donors (Lipinski definition) is 1. The Kier molecular flexibility index (Phi) is 2.57. The summed E-state index contributed by atoms with van der Waals surface area (Å²) in [4.78, 5) is 10.3. The van der Waals surface area contributed by atoms with E-state index in [1.807, 2.05) is 0 Å². The molecule has 100 valence electrons. The molecular formula is C14H9N2O4-. The third-order valence-corrected chi connectivity index (χ3v) is 3.11. The van der Waals surface area contributed by atoms with E-state index >= 15 is 0 Å². The van der Waals surface area contributed by atoms with Gasteiger partial charge in [-0.2, -0.15) is 0 Å². The Hall–Kier alpha value is -3.02. The first-order chi connectivity index (χ1) is 9.59. The normalized spacial score (nSPS) is 10.8. The molecule has 1 aromatic heterocycles. The van der Waals surface area contributed by atoms with E-state index in [1.165, 1.54) is 22.8 Å². The molecule has 0 aliphatic heterocycles. The molecule has 0 aliphatic rings. The van der Waals surface area contributed by atoms with Crippen LogP contribution in [0.3, 0.4) is 0 Å². The minimum absolute atomic E-state index is 0.132. The lowest BCUT2D eigenvalue weighted by atomic mass is 10.2. The summed E-state index contributed by atoms with van der Waals surface area (Å²) in [7, 11) is 0. The number of aromatic nitrogens is 1. The number of hydrogen-bond acceptors (Lipinski definition) is 4. The smallest absolute Gasteiger partial charge is 0.271 e. The van der Waals surface area contributed by atoms with E-state index in [2.05, 4.69) is 0 Å². The van der Waals surface area contributed by atoms with Crippen molar-refractivity contribution >= 4 is 16.6 Å². The largest absolute Gasteiger partial charge is 0.868 e. The zero-order chi connectivity index (χ0) is 14.3. The van der Waals surface area contributed by atoms with E-state index in [4.69, 9.17) is 0 Å². The van der Waals surface area contributed by atoms with Gasteiger partial charge in [-0.15, -0.1) is 0 Å². The summed E-state index contributed by atoms with van der Waals surface area (Å²) < 4.78 is 1.31. The molecule has 0 amide bonds. The van der Waals surface area contributed by atoms with Crippen LogP contribution in [-0.4, -0.2) is 14.6 Å². The number of benzene rings is 2. The predicted octanol–water partition coefficient (Wildman–Crippen LogP) is 2.32. The van der Waals surface area contributed by atoms with Crippen LogP contribution in [0.1, 0.15) is 0 Å². The van der Waals surface area contributed by atoms with Crippen molar-refractivity contribution in [3.63, 3.8) is 0 Å². The summed E-state index contributed by atoms with van der Waals surface area (Å²) in [5, 5.41) is 33.0. The number of non-ortho nitro benzene ring substituents is 1. The lowest BCUT2D eigenvalue weighted by Crippen LogP contribution is -1.94. The monoisotopic (exact) mass is 269 g/mol. The maximum Gasteiger partial charge on any atom is 0.271 e. The van der Waals surface area contributed by atoms with Gasteiger partial charge < -0.3 is 10.2 Å². The van der Waals surface area contributed by atoms with E-state index in [9.17, 15) is 20.3 Å². The van der Waals surface area contributed by atoms with E-state index < -0.39 is 16.6 Å². The fraction of sp³-hybridized carbons (Fsp3) is 0. The third-order valence-electron chi connectivity index (χ3n) is 3.11. The molecule has 0 unspecified atom stereocenters. The van der Waals surface area contributed by atoms with Crippen LogP contribution in [0.4, 0.5) is 5.69 Å². The van der Waals surface area contributed by atoms with E-state index in [-0.39, 0.29) is 11.1 Å². The van der Waals surface area contributed by atoms with Crippen molar-refractivity contribution in [3.8, 4) is 17.3 Å². The number of aromatic hydroxyl groups is 1. The first kappa shape index (κ1) is 12.0. The van der Waals surface area contributed by atoms with Crippen molar-refractivity contribution in [2.24, 2.45) is 0 Å². The minimum atomic E-state index is -0.543. The second-order valence-corrected chi connectivity index (χ2v) is 4.28. The Morgan fingerprint density at radius 2 is 1.80 bits per heavy atom. The molecule has 1 heterocycles. The molecule has 0 spiro atoms. The van der Waals surface area contributed by atoms with Crippen LogP contribution >= 0.6 is 0 Å². The van der Waals surface area contributed by atoms with Gasteiger partial charge in [0.05, 0.1) is 10.4 Å². The number of nitro groups is 1. The molecule has 0 radical (unpaired) electrons. The molecule has 0 bridgehead atoms. The van der Waals surface area contributed by atoms with E-state index in [0.29, 0.717) is 11.2 Å². The van der Waals surface area contributed by atoms with Gasteiger partial charge in [0.2, 0.25) is 0 Å². The van der Waals surface area contributed by atoms with Gasteiger partial charge in [-0.25, -0.2) is 0 Å². The molecule has 3 aromatic rings. The van der Waals surface area contributed by atoms with E-state index in [1.54, 1.807) is 30.3 Å². The molecule has 0 saturated heterocycles. The SMILES string of the molecule is O=[N+]([O-])c1ccc2c([O-])c(O)n(-c3ccccc3)c2c1. The van der Waals surface area contributed by atoms with Crippen molar-refractivity contribution in [1.82, 2.24) is 4.57 Å². The van der Waals surface area contributed by atoms with Crippen LogP contribution in [0.15, 0.2) is 48.5 Å². The summed E-state index contributed by atoms with van der Waals surface area (Å²) in [6.45, 7) is 0. The Morgan fingerprint density at radius 1 is 1.10 bits per heavy atom. The Morgan fingerprint density at radius 3 is 2.45 bits per heavy atom. The molecule has 0 aliphatic carbocycles. The molecule has 6 heteroatoms. The quantitative estimate of drug-likeness (QED) is 0.570. The predicted molar refractivity (Wildman–Crippen MR) is 71.0 cm³/mol. The summed E-state index contributed by atoms with van der Waals surface area (Å²) >= 11 is 0. The summed E-state index contributed by atoms with van der Waals surface area (Å²) in [6, 6.07) is 12.6. The third kappa shape index (κ3) is 1.66. The number of nitro benzene ring substituents is 1. The molecule has 6 nitrogen and oxygen atoms in total. The number of para-hydroxylation sites is 1. The highest BCUT2D eigenvalue weighted by Crippen LogP contribution is 2.38. The van der Waals surface area contributed by atoms with Gasteiger partial charge in [0.25, 0.3) is 5.69 Å². The zero-order valence-corrected chi connectivity index (χ0v) is 10.2. The number of rotatable bonds is 2. The summed E-state index contributed by atoms with van der Waals surface area (Å²) in [5.41, 5.74) is 0.748. The van der Waals surface area contributed by atoms with Gasteiger partial charge in [0, 0.05) is 17.8 Å². The van der Waals surface area contributed by atoms with Crippen LogP contribution in [0, 0.1) is 10.1 Å². The van der Waals surface area contributed by atoms with Gasteiger partial charge in [-0.3, -0.25) is 14.7 Å². The van der Waals surface area contributed by atoms with Gasteiger partial charge in [0.15, 0.2) is 5.88 Å². The van der Waals surface area contributed by atoms with Crippen molar-refractivity contribution in [3.05, 3.63) is 58.6 Å². The fourth-order valence-electron chi connectivity index (χ4n) is 2.19. The van der Waals surface area contributed by atoms with Crippen LogP contribution in [0.2, 0.25) is 0 Å². The first-order valence-corrected chi connectivity index (χ1v) is 5.84. The molecule has 2 aromatic carbocycles. The number of nitrogens with zero attached hydrogens (tertiary/aromatic N) is 2. The summed E-state index contributed by atoms with van der Waals surface area (Å²) in [6.07, 6.45) is 0. The highest BCUT2D eigenvalue weighted by atomic mass is 16.6. The van der Waals surface area contributed by atoms with Gasteiger partial charge in [-0.05, 0) is 29.3 Å². The van der Waals surface area contributed by atoms with Gasteiger partial charge in [-0.1, -0.05) is 18.2 Å². The highest BCUT2D eigenvalue weighted by Gasteiger charge is 2.15. The van der Waals surface area contributed by atoms with Crippen LogP contribution in [0.5, 0.6) is 11.6 Å². The average Bonchev–Trinajstić information content (AvgIpc) is 2.71. The molecular weight excluding hydrogens is 260 g/mol. The van der Waals surface area contributed by atoms with Gasteiger partial charge in [0.1, 0.15) is 0 Å². The van der Waals surface area contributed by atoms with Crippen molar-refractivity contribution in [2.45, 2.75) is 0 Å². The minimum Gasteiger partial charge on any atom is -0.868 e. The Balaban J connectivity index is 2.38. The number of fused-ring (bicyclic) bond motifs is 1. The standard InChI is InChI=1S/C14H10N2O4/c17-13-11-7-6-10(16(19)20)8-12(11)15(14(13)18)9-4-2-1-3-5-9/h1-8,17-18H/p-1. The maximum absolute atomic E-state index is 12.0.